The minimum atomic E-state index is -0.0889. The highest BCUT2D eigenvalue weighted by atomic mass is 16.6. The smallest absolute Gasteiger partial charge is 0.261 e. The van der Waals surface area contributed by atoms with Crippen molar-refractivity contribution in [1.82, 2.24) is 5.32 Å². The van der Waals surface area contributed by atoms with Gasteiger partial charge in [-0.3, -0.25) is 4.79 Å². The molecule has 1 aliphatic rings. The molecule has 4 heteroatoms. The zero-order chi connectivity index (χ0) is 14.2. The number of carbonyl (C=O) groups excluding carboxylic acids is 1. The molecule has 0 radical (unpaired) electrons. The predicted molar refractivity (Wildman–Crippen MR) is 79.6 cm³/mol. The monoisotopic (exact) mass is 274 g/mol. The zero-order valence-electron chi connectivity index (χ0n) is 11.9. The lowest BCUT2D eigenvalue weighted by atomic mass is 9.86. The first kappa shape index (κ1) is 14.6. The van der Waals surface area contributed by atoms with E-state index in [2.05, 4.69) is 17.4 Å². The van der Waals surface area contributed by atoms with E-state index in [4.69, 9.17) is 4.84 Å². The van der Waals surface area contributed by atoms with Crippen LogP contribution in [-0.2, 0) is 9.63 Å². The van der Waals surface area contributed by atoms with Crippen molar-refractivity contribution < 1.29 is 9.63 Å². The van der Waals surface area contributed by atoms with Gasteiger partial charge in [-0.1, -0.05) is 55.3 Å². The van der Waals surface area contributed by atoms with Gasteiger partial charge in [0.05, 0.1) is 6.21 Å². The number of benzene rings is 1. The third kappa shape index (κ3) is 4.68. The second-order valence-electron chi connectivity index (χ2n) is 5.35. The van der Waals surface area contributed by atoms with Crippen LogP contribution in [0, 0.1) is 5.92 Å². The van der Waals surface area contributed by atoms with E-state index in [1.807, 2.05) is 30.3 Å². The molecule has 0 aliphatic heterocycles. The molecule has 0 heterocycles. The van der Waals surface area contributed by atoms with E-state index >= 15 is 0 Å². The second kappa shape index (κ2) is 7.68. The Morgan fingerprint density at radius 3 is 2.85 bits per heavy atom. The molecular formula is C16H22N2O2. The highest BCUT2D eigenvalue weighted by molar-refractivity contribution is 5.79. The van der Waals surface area contributed by atoms with E-state index in [9.17, 15) is 4.79 Å². The van der Waals surface area contributed by atoms with Crippen molar-refractivity contribution in [2.45, 2.75) is 38.6 Å². The van der Waals surface area contributed by atoms with Crippen LogP contribution in [0.5, 0.6) is 0 Å². The van der Waals surface area contributed by atoms with Crippen molar-refractivity contribution in [1.29, 1.82) is 0 Å². The van der Waals surface area contributed by atoms with Crippen LogP contribution in [-0.4, -0.2) is 24.8 Å². The average molecular weight is 274 g/mol. The Morgan fingerprint density at radius 2 is 2.10 bits per heavy atom. The fourth-order valence-corrected chi connectivity index (χ4v) is 2.51. The molecule has 0 spiro atoms. The molecule has 1 amide bonds. The summed E-state index contributed by atoms with van der Waals surface area (Å²) in [6, 6.07) is 9.94. The summed E-state index contributed by atoms with van der Waals surface area (Å²) in [5, 5.41) is 6.84. The molecule has 1 fully saturated rings. The number of nitrogens with one attached hydrogen (secondary N) is 1. The molecule has 0 saturated heterocycles. The van der Waals surface area contributed by atoms with Crippen LogP contribution in [0.2, 0.25) is 0 Å². The summed E-state index contributed by atoms with van der Waals surface area (Å²) in [5.74, 6) is 0.467. The van der Waals surface area contributed by atoms with Gasteiger partial charge in [-0.15, -0.1) is 0 Å². The Bertz CT molecular complexity index is 445. The summed E-state index contributed by atoms with van der Waals surface area (Å²) in [5.41, 5.74) is 0.953. The topological polar surface area (TPSA) is 50.7 Å². The fourth-order valence-electron chi connectivity index (χ4n) is 2.51. The molecule has 0 aromatic heterocycles. The summed E-state index contributed by atoms with van der Waals surface area (Å²) < 4.78 is 0. The Kier molecular flexibility index (Phi) is 5.59. The molecule has 1 aromatic carbocycles. The maximum atomic E-state index is 11.8. The summed E-state index contributed by atoms with van der Waals surface area (Å²) in [6.45, 7) is 2.17. The van der Waals surface area contributed by atoms with Gasteiger partial charge in [-0.25, -0.2) is 0 Å². The third-order valence-electron chi connectivity index (χ3n) is 3.73. The maximum Gasteiger partial charge on any atom is 0.261 e. The first-order valence-electron chi connectivity index (χ1n) is 7.25. The van der Waals surface area contributed by atoms with E-state index < -0.39 is 0 Å². The second-order valence-corrected chi connectivity index (χ2v) is 5.35. The van der Waals surface area contributed by atoms with Gasteiger partial charge in [0, 0.05) is 6.04 Å². The standard InChI is InChI=1S/C16H22N2O2/c1-13-7-5-6-10-15(13)18-16(19)12-20-17-11-14-8-3-2-4-9-14/h2-4,8-9,11,13,15H,5-7,10,12H2,1H3,(H,18,19)/b17-11-/t13-,15-/m1/s1. The van der Waals surface area contributed by atoms with Crippen molar-refractivity contribution in [2.75, 3.05) is 6.61 Å². The van der Waals surface area contributed by atoms with Gasteiger partial charge in [0.25, 0.3) is 5.91 Å². The van der Waals surface area contributed by atoms with E-state index in [0.29, 0.717) is 5.92 Å². The number of nitrogens with zero attached hydrogens (tertiary/aromatic N) is 1. The van der Waals surface area contributed by atoms with Gasteiger partial charge < -0.3 is 10.2 Å². The molecule has 2 atom stereocenters. The van der Waals surface area contributed by atoms with Crippen molar-refractivity contribution in [3.63, 3.8) is 0 Å². The van der Waals surface area contributed by atoms with E-state index in [-0.39, 0.29) is 18.6 Å². The van der Waals surface area contributed by atoms with Crippen molar-refractivity contribution >= 4 is 12.1 Å². The summed E-state index contributed by atoms with van der Waals surface area (Å²) >= 11 is 0. The van der Waals surface area contributed by atoms with Gasteiger partial charge in [0.2, 0.25) is 0 Å². The first-order valence-corrected chi connectivity index (χ1v) is 7.25. The number of hydrogen-bond acceptors (Lipinski definition) is 3. The quantitative estimate of drug-likeness (QED) is 0.663. The molecular weight excluding hydrogens is 252 g/mol. The van der Waals surface area contributed by atoms with E-state index in [0.717, 1.165) is 12.0 Å². The normalized spacial score (nSPS) is 22.6. The molecule has 0 unspecified atom stereocenters. The van der Waals surface area contributed by atoms with Crippen molar-refractivity contribution in [3.05, 3.63) is 35.9 Å². The largest absolute Gasteiger partial charge is 0.386 e. The molecule has 1 aliphatic carbocycles. The van der Waals surface area contributed by atoms with Crippen LogP contribution in [0.25, 0.3) is 0 Å². The molecule has 4 nitrogen and oxygen atoms in total. The lowest BCUT2D eigenvalue weighted by Gasteiger charge is -2.29. The highest BCUT2D eigenvalue weighted by Crippen LogP contribution is 2.23. The van der Waals surface area contributed by atoms with E-state index in [1.165, 1.54) is 19.3 Å². The Balaban J connectivity index is 1.68. The van der Waals surface area contributed by atoms with Crippen molar-refractivity contribution in [2.24, 2.45) is 11.1 Å². The van der Waals surface area contributed by atoms with Gasteiger partial charge in [0.15, 0.2) is 6.61 Å². The van der Waals surface area contributed by atoms with Gasteiger partial charge in [-0.05, 0) is 24.3 Å². The number of hydrogen-bond donors (Lipinski definition) is 1. The van der Waals surface area contributed by atoms with Gasteiger partial charge in [-0.2, -0.15) is 0 Å². The lowest BCUT2D eigenvalue weighted by molar-refractivity contribution is -0.126. The number of oxime groups is 1. The molecule has 2 rings (SSSR count). The SMILES string of the molecule is C[C@@H]1CCCC[C@H]1NC(=O)CO/N=C\c1ccccc1. The zero-order valence-corrected chi connectivity index (χ0v) is 11.9. The molecule has 0 bridgehead atoms. The molecule has 1 saturated carbocycles. The molecule has 1 aromatic rings. The Morgan fingerprint density at radius 1 is 1.35 bits per heavy atom. The third-order valence-corrected chi connectivity index (χ3v) is 3.73. The Labute approximate surface area is 120 Å². The van der Waals surface area contributed by atoms with Crippen LogP contribution in [0.3, 0.4) is 0 Å². The van der Waals surface area contributed by atoms with Gasteiger partial charge >= 0.3 is 0 Å². The number of rotatable bonds is 5. The molecule has 20 heavy (non-hydrogen) atoms. The van der Waals surface area contributed by atoms with Crippen LogP contribution in [0.4, 0.5) is 0 Å². The fraction of sp³-hybridized carbons (Fsp3) is 0.500. The molecule has 1 N–H and O–H groups in total. The van der Waals surface area contributed by atoms with Crippen molar-refractivity contribution in [3.8, 4) is 0 Å². The van der Waals surface area contributed by atoms with Crippen LogP contribution >= 0.6 is 0 Å². The molecule has 108 valence electrons. The van der Waals surface area contributed by atoms with Crippen LogP contribution < -0.4 is 5.32 Å². The number of amides is 1. The van der Waals surface area contributed by atoms with Crippen LogP contribution in [0.1, 0.15) is 38.2 Å². The highest BCUT2D eigenvalue weighted by Gasteiger charge is 2.22. The predicted octanol–water partition coefficient (Wildman–Crippen LogP) is 2.73. The minimum absolute atomic E-state index is 0.0213. The number of carbonyl (C=O) groups is 1. The van der Waals surface area contributed by atoms with Gasteiger partial charge in [0.1, 0.15) is 0 Å². The van der Waals surface area contributed by atoms with E-state index in [1.54, 1.807) is 6.21 Å². The summed E-state index contributed by atoms with van der Waals surface area (Å²) in [7, 11) is 0. The first-order chi connectivity index (χ1) is 9.75. The summed E-state index contributed by atoms with van der Waals surface area (Å²) in [6.07, 6.45) is 6.34. The lowest BCUT2D eigenvalue weighted by Crippen LogP contribution is -2.42. The maximum absolute atomic E-state index is 11.8. The Hall–Kier alpha value is -1.84. The summed E-state index contributed by atoms with van der Waals surface area (Å²) in [4.78, 5) is 16.8. The van der Waals surface area contributed by atoms with Crippen LogP contribution in [0.15, 0.2) is 35.5 Å². The average Bonchev–Trinajstić information content (AvgIpc) is 2.47. The minimum Gasteiger partial charge on any atom is -0.386 e.